The Balaban J connectivity index is 0.000000585. The summed E-state index contributed by atoms with van der Waals surface area (Å²) in [6.07, 6.45) is 13.6. The van der Waals surface area contributed by atoms with Crippen LogP contribution in [0.25, 0.3) is 0 Å². The van der Waals surface area contributed by atoms with Gasteiger partial charge in [0, 0.05) is 28.4 Å². The summed E-state index contributed by atoms with van der Waals surface area (Å²) in [4.78, 5) is 0. The van der Waals surface area contributed by atoms with Gasteiger partial charge in [0.25, 0.3) is 0 Å². The van der Waals surface area contributed by atoms with Crippen molar-refractivity contribution in [3.05, 3.63) is 0 Å². The Bertz CT molecular complexity index is 1990. The summed E-state index contributed by atoms with van der Waals surface area (Å²) in [6, 6.07) is 0. The van der Waals surface area contributed by atoms with Crippen LogP contribution in [0.3, 0.4) is 0 Å². The predicted molar refractivity (Wildman–Crippen MR) is 345 cm³/mol. The Morgan fingerprint density at radius 1 is 0.298 bits per heavy atom. The molecular weight excluding hydrogens is 1530 g/mol. The summed E-state index contributed by atoms with van der Waals surface area (Å²) in [5.74, 6) is 0. The van der Waals surface area contributed by atoms with Crippen molar-refractivity contribution in [1.29, 1.82) is 0 Å². The summed E-state index contributed by atoms with van der Waals surface area (Å²) in [7, 11) is -24.5. The Morgan fingerprint density at radius 3 is 0.631 bits per heavy atom. The summed E-state index contributed by atoms with van der Waals surface area (Å²) >= 11 is 12.8. The van der Waals surface area contributed by atoms with Crippen LogP contribution >= 0.6 is 124 Å². The number of hydrogen-bond acceptors (Lipinski definition) is 24. The van der Waals surface area contributed by atoms with E-state index in [0.29, 0.717) is 0 Å². The zero-order valence-corrected chi connectivity index (χ0v) is 65.5. The van der Waals surface area contributed by atoms with E-state index in [1.54, 1.807) is 83.1 Å². The Kier molecular flexibility index (Phi) is 41.7. The van der Waals surface area contributed by atoms with E-state index in [4.69, 9.17) is 54.3 Å². The van der Waals surface area contributed by atoms with E-state index in [1.807, 2.05) is 0 Å². The first-order valence-corrected chi connectivity index (χ1v) is 45.3. The molecule has 4 aliphatic carbocycles. The highest BCUT2D eigenvalue weighted by atomic mass is 79.9. The van der Waals surface area contributed by atoms with E-state index in [-0.39, 0.29) is 75.3 Å². The minimum absolute atomic E-state index is 0.108. The maximum atomic E-state index is 14.2. The monoisotopic (exact) mass is 1620 g/mol. The lowest BCUT2D eigenvalue weighted by Crippen LogP contribution is -2.22. The lowest BCUT2D eigenvalue weighted by molar-refractivity contribution is 0.105. The largest absolute Gasteiger partial charge is 0.357 e. The number of rotatable bonds is 36. The first-order chi connectivity index (χ1) is 39.1. The molecule has 36 heteroatoms. The number of hydrogen-bond donors (Lipinski definition) is 0. The maximum Gasteiger partial charge on any atom is 0.357 e. The normalized spacial score (nSPS) is 18.0. The van der Waals surface area contributed by atoms with Crippen molar-refractivity contribution in [2.45, 2.75) is 252 Å². The van der Waals surface area contributed by atoms with Crippen LogP contribution in [0.5, 0.6) is 0 Å². The fourth-order valence-electron chi connectivity index (χ4n) is 8.71. The second-order valence-electron chi connectivity index (χ2n) is 20.6. The van der Waals surface area contributed by atoms with Crippen LogP contribution in [0.1, 0.15) is 186 Å². The molecular formula is C48H100Br4O24P8. The number of halogens is 4. The van der Waals surface area contributed by atoms with Gasteiger partial charge in [0.05, 0.1) is 75.3 Å². The molecule has 0 N–H and O–H groups in total. The molecule has 0 bridgehead atoms. The van der Waals surface area contributed by atoms with Crippen molar-refractivity contribution in [3.63, 3.8) is 0 Å². The van der Waals surface area contributed by atoms with Crippen LogP contribution in [0.2, 0.25) is 0 Å². The van der Waals surface area contributed by atoms with Gasteiger partial charge in [-0.05, 0) is 134 Å². The van der Waals surface area contributed by atoms with Gasteiger partial charge in [0.1, 0.15) is 0 Å². The third-order valence-electron chi connectivity index (χ3n) is 12.2. The van der Waals surface area contributed by atoms with Crippen molar-refractivity contribution in [2.24, 2.45) is 0 Å². The van der Waals surface area contributed by atoms with Gasteiger partial charge in [-0.25, -0.2) is 0 Å². The van der Waals surface area contributed by atoms with Crippen LogP contribution in [0.15, 0.2) is 0 Å². The Labute approximate surface area is 536 Å². The van der Waals surface area contributed by atoms with Gasteiger partial charge in [-0.2, -0.15) is 0 Å². The average molecular weight is 1630 g/mol. The van der Waals surface area contributed by atoms with E-state index in [9.17, 15) is 36.5 Å². The molecule has 0 atom stereocenters. The smallest absolute Gasteiger partial charge is 0.311 e. The average Bonchev–Trinajstić information content (AvgIpc) is 2.53. The molecule has 0 saturated heterocycles. The summed E-state index contributed by atoms with van der Waals surface area (Å²) in [6.45, 7) is 21.3. The highest BCUT2D eigenvalue weighted by Crippen LogP contribution is 2.77. The zero-order valence-electron chi connectivity index (χ0n) is 52.0. The van der Waals surface area contributed by atoms with Gasteiger partial charge in [-0.1, -0.05) is 115 Å². The summed E-state index contributed by atoms with van der Waals surface area (Å²) in [5, 5.41) is 0. The van der Waals surface area contributed by atoms with Gasteiger partial charge >= 0.3 is 60.8 Å². The highest BCUT2D eigenvalue weighted by Gasteiger charge is 2.56. The molecule has 4 rings (SSSR count). The first-order valence-electron chi connectivity index (χ1n) is 28.7. The standard InChI is InChI=1S/C21H37BrO6P2.C13H29BrO6P2.C9H21BrO6P2.C5H13BrO6P2/c22-21(29(23,25-17-9-1-2-10-17)26-18-11-3-4-12-18)30(24,27-19-13-5-6-14-19)28-20-15-7-8-16-20;1-9(2)17-21(15,18-10(3)4)13(14)22(16,19-11(5)6)20-12(7)8;1-5-13-17(11,14-6-2)9(10)18(12,15-7-3)16-8-4;1-9-13(7,10-2)5(6)14(8,11-3)12-4/h17-21H,1-16H2;9-13H,1-8H3;9H,5-8H2,1-4H3;5H,1-4H3. The minimum Gasteiger partial charge on any atom is -0.311 e. The fourth-order valence-corrected chi connectivity index (χ4v) is 32.2. The predicted octanol–water partition coefficient (Wildman–Crippen LogP) is 20.5. The lowest BCUT2D eigenvalue weighted by Gasteiger charge is -2.34. The molecule has 504 valence electrons. The van der Waals surface area contributed by atoms with Gasteiger partial charge in [-0.3, -0.25) is 36.5 Å². The minimum atomic E-state index is -3.75. The number of alkyl halides is 4. The second kappa shape index (κ2) is 41.2. The molecule has 0 unspecified atom stereocenters. The van der Waals surface area contributed by atoms with E-state index >= 15 is 0 Å². The van der Waals surface area contributed by atoms with Gasteiger partial charge in [0.15, 0.2) is 0 Å². The van der Waals surface area contributed by atoms with Crippen molar-refractivity contribution >= 4 is 124 Å². The van der Waals surface area contributed by atoms with E-state index in [1.165, 1.54) is 28.4 Å². The molecule has 0 aromatic heterocycles. The Morgan fingerprint density at radius 2 is 0.464 bits per heavy atom. The van der Waals surface area contributed by atoms with Crippen LogP contribution in [-0.4, -0.2) is 121 Å². The molecule has 0 aromatic rings. The van der Waals surface area contributed by atoms with Gasteiger partial charge < -0.3 is 72.4 Å². The maximum absolute atomic E-state index is 14.2. The van der Waals surface area contributed by atoms with Crippen molar-refractivity contribution in [3.8, 4) is 0 Å². The molecule has 24 nitrogen and oxygen atoms in total. The van der Waals surface area contributed by atoms with Crippen molar-refractivity contribution in [2.75, 3.05) is 54.9 Å². The zero-order chi connectivity index (χ0) is 64.4. The molecule has 0 amide bonds. The van der Waals surface area contributed by atoms with Crippen molar-refractivity contribution < 1.29 is 109 Å². The molecule has 4 saturated carbocycles. The molecule has 0 aliphatic heterocycles. The topological polar surface area (TPSA) is 284 Å². The molecule has 84 heavy (non-hydrogen) atoms. The molecule has 0 aromatic carbocycles. The van der Waals surface area contributed by atoms with E-state index in [0.717, 1.165) is 103 Å². The molecule has 0 heterocycles. The molecule has 0 spiro atoms. The summed E-state index contributed by atoms with van der Waals surface area (Å²) < 4.78 is 184. The third kappa shape index (κ3) is 27.8. The SMILES string of the molecule is CC(C)OP(=O)(OC(C)C)C(Br)P(=O)(OC(C)C)OC(C)C.CCOP(=O)(OCC)C(Br)P(=O)(OCC)OCC.COP(=O)(OC)C(Br)P(=O)(OC)OC.O=P(OC1CCCC1)(OC1CCCC1)C(Br)P(=O)(OC1CCCC1)OC1CCCC1. The van der Waals surface area contributed by atoms with Crippen LogP contribution in [0.4, 0.5) is 0 Å². The molecule has 4 fully saturated rings. The molecule has 0 radical (unpaired) electrons. The molecule has 4 aliphatic rings. The van der Waals surface area contributed by atoms with Gasteiger partial charge in [0.2, 0.25) is 17.2 Å². The fraction of sp³-hybridized carbons (Fsp3) is 1.00. The first kappa shape index (κ1) is 85.1. The van der Waals surface area contributed by atoms with Crippen LogP contribution in [0, 0.1) is 0 Å². The van der Waals surface area contributed by atoms with E-state index in [2.05, 4.69) is 81.8 Å². The Hall–Kier alpha value is 3.12. The van der Waals surface area contributed by atoms with E-state index < -0.39 is 78.0 Å². The van der Waals surface area contributed by atoms with Crippen LogP contribution in [-0.2, 0) is 109 Å². The summed E-state index contributed by atoms with van der Waals surface area (Å²) in [5.41, 5.74) is 0. The van der Waals surface area contributed by atoms with Crippen molar-refractivity contribution in [1.82, 2.24) is 0 Å². The highest BCUT2D eigenvalue weighted by molar-refractivity contribution is 9.12. The quantitative estimate of drug-likeness (QED) is 0.0416. The van der Waals surface area contributed by atoms with Crippen LogP contribution < -0.4 is 0 Å². The van der Waals surface area contributed by atoms with Gasteiger partial charge in [-0.15, -0.1) is 0 Å². The third-order valence-corrected chi connectivity index (χ3v) is 44.9. The second-order valence-corrected chi connectivity index (χ2v) is 48.5. The lowest BCUT2D eigenvalue weighted by atomic mass is 10.3.